The van der Waals surface area contributed by atoms with Gasteiger partial charge in [-0.05, 0) is 31.1 Å². The molecule has 0 aliphatic carbocycles. The van der Waals surface area contributed by atoms with E-state index >= 15 is 0 Å². The van der Waals surface area contributed by atoms with Gasteiger partial charge in [0.25, 0.3) is 0 Å². The van der Waals surface area contributed by atoms with E-state index in [1.165, 1.54) is 0 Å². The van der Waals surface area contributed by atoms with Gasteiger partial charge in [0, 0.05) is 0 Å². The number of hydrogen-bond acceptors (Lipinski definition) is 2. The summed E-state index contributed by atoms with van der Waals surface area (Å²) in [5, 5.41) is 20.1. The average Bonchev–Trinajstić information content (AvgIpc) is 1.99. The summed E-state index contributed by atoms with van der Waals surface area (Å²) in [6, 6.07) is 0. The SMILES string of the molecule is CC(C)CC(C)(O)C(O)C(C)C(C)C. The zero-order valence-electron chi connectivity index (χ0n) is 10.4. The van der Waals surface area contributed by atoms with E-state index in [9.17, 15) is 10.2 Å². The lowest BCUT2D eigenvalue weighted by Crippen LogP contribution is -2.45. The van der Waals surface area contributed by atoms with Crippen LogP contribution >= 0.6 is 0 Å². The van der Waals surface area contributed by atoms with E-state index < -0.39 is 11.7 Å². The van der Waals surface area contributed by atoms with Gasteiger partial charge in [0.15, 0.2) is 0 Å². The number of hydrogen-bond donors (Lipinski definition) is 2. The average molecular weight is 202 g/mol. The molecule has 0 rings (SSSR count). The van der Waals surface area contributed by atoms with Gasteiger partial charge in [0.05, 0.1) is 11.7 Å². The third-order valence-electron chi connectivity index (χ3n) is 3.01. The summed E-state index contributed by atoms with van der Waals surface area (Å²) in [7, 11) is 0. The summed E-state index contributed by atoms with van der Waals surface area (Å²) < 4.78 is 0. The van der Waals surface area contributed by atoms with Crippen LogP contribution in [0.1, 0.15) is 48.0 Å². The van der Waals surface area contributed by atoms with Crippen molar-refractivity contribution in [2.24, 2.45) is 17.8 Å². The molecule has 0 fully saturated rings. The summed E-state index contributed by atoms with van der Waals surface area (Å²) in [5.41, 5.74) is -0.960. The van der Waals surface area contributed by atoms with Crippen LogP contribution in [0.25, 0.3) is 0 Å². The molecule has 2 nitrogen and oxygen atoms in total. The van der Waals surface area contributed by atoms with Crippen LogP contribution in [-0.2, 0) is 0 Å². The molecule has 86 valence electrons. The Balaban J connectivity index is 4.40. The van der Waals surface area contributed by atoms with Crippen molar-refractivity contribution >= 4 is 0 Å². The minimum absolute atomic E-state index is 0.128. The molecule has 0 aliphatic rings. The monoisotopic (exact) mass is 202 g/mol. The van der Waals surface area contributed by atoms with Crippen LogP contribution in [0.2, 0.25) is 0 Å². The second-order valence-electron chi connectivity index (χ2n) is 5.50. The lowest BCUT2D eigenvalue weighted by molar-refractivity contribution is -0.104. The fourth-order valence-corrected chi connectivity index (χ4v) is 1.88. The maximum Gasteiger partial charge on any atom is 0.0882 e. The van der Waals surface area contributed by atoms with E-state index in [2.05, 4.69) is 27.7 Å². The largest absolute Gasteiger partial charge is 0.390 e. The first kappa shape index (κ1) is 13.9. The molecule has 3 unspecified atom stereocenters. The molecule has 0 aromatic carbocycles. The third-order valence-corrected chi connectivity index (χ3v) is 3.01. The Morgan fingerprint density at radius 3 is 1.79 bits per heavy atom. The Bertz CT molecular complexity index is 162. The molecule has 0 aromatic heterocycles. The van der Waals surface area contributed by atoms with Crippen molar-refractivity contribution in [1.29, 1.82) is 0 Å². The smallest absolute Gasteiger partial charge is 0.0882 e. The van der Waals surface area contributed by atoms with Crippen molar-refractivity contribution in [3.8, 4) is 0 Å². The minimum atomic E-state index is -0.960. The highest BCUT2D eigenvalue weighted by atomic mass is 16.3. The van der Waals surface area contributed by atoms with E-state index in [0.717, 1.165) is 0 Å². The van der Waals surface area contributed by atoms with Gasteiger partial charge < -0.3 is 10.2 Å². The second kappa shape index (κ2) is 5.13. The van der Waals surface area contributed by atoms with Crippen LogP contribution in [-0.4, -0.2) is 21.9 Å². The normalized spacial score (nSPS) is 21.0. The van der Waals surface area contributed by atoms with Crippen LogP contribution in [0, 0.1) is 17.8 Å². The highest BCUT2D eigenvalue weighted by Crippen LogP contribution is 2.28. The van der Waals surface area contributed by atoms with E-state index in [0.29, 0.717) is 18.3 Å². The van der Waals surface area contributed by atoms with Crippen molar-refractivity contribution in [3.63, 3.8) is 0 Å². The van der Waals surface area contributed by atoms with Crippen LogP contribution in [0.4, 0.5) is 0 Å². The summed E-state index contributed by atoms with van der Waals surface area (Å²) in [6.07, 6.45) is 0.00972. The predicted octanol–water partition coefficient (Wildman–Crippen LogP) is 2.44. The zero-order valence-corrected chi connectivity index (χ0v) is 10.4. The predicted molar refractivity (Wildman–Crippen MR) is 60.1 cm³/mol. The molecule has 14 heavy (non-hydrogen) atoms. The Morgan fingerprint density at radius 2 is 1.50 bits per heavy atom. The topological polar surface area (TPSA) is 40.5 Å². The molecular weight excluding hydrogens is 176 g/mol. The summed E-state index contributed by atoms with van der Waals surface area (Å²) >= 11 is 0. The number of aliphatic hydroxyl groups is 2. The Hall–Kier alpha value is -0.0800. The van der Waals surface area contributed by atoms with Crippen LogP contribution in [0.5, 0.6) is 0 Å². The summed E-state index contributed by atoms with van der Waals surface area (Å²) in [4.78, 5) is 0. The molecule has 0 aliphatic heterocycles. The molecule has 2 heteroatoms. The molecule has 0 amide bonds. The van der Waals surface area contributed by atoms with E-state index in [-0.39, 0.29) is 5.92 Å². The van der Waals surface area contributed by atoms with Gasteiger partial charge in [-0.2, -0.15) is 0 Å². The van der Waals surface area contributed by atoms with Gasteiger partial charge in [-0.1, -0.05) is 34.6 Å². The maximum atomic E-state index is 10.1. The molecule has 3 atom stereocenters. The molecule has 0 heterocycles. The first-order chi connectivity index (χ1) is 6.18. The molecule has 0 aromatic rings. The lowest BCUT2D eigenvalue weighted by atomic mass is 9.79. The van der Waals surface area contributed by atoms with E-state index in [1.54, 1.807) is 6.92 Å². The molecule has 0 spiro atoms. The summed E-state index contributed by atoms with van der Waals surface area (Å²) in [6.45, 7) is 12.0. The van der Waals surface area contributed by atoms with Gasteiger partial charge in [-0.15, -0.1) is 0 Å². The molecular formula is C12H26O2. The van der Waals surface area contributed by atoms with Crippen LogP contribution < -0.4 is 0 Å². The maximum absolute atomic E-state index is 10.1. The molecule has 0 saturated heterocycles. The first-order valence-corrected chi connectivity index (χ1v) is 5.59. The van der Waals surface area contributed by atoms with Gasteiger partial charge in [0.2, 0.25) is 0 Å². The highest BCUT2D eigenvalue weighted by Gasteiger charge is 2.35. The van der Waals surface area contributed by atoms with Crippen LogP contribution in [0.3, 0.4) is 0 Å². The first-order valence-electron chi connectivity index (χ1n) is 5.59. The van der Waals surface area contributed by atoms with Crippen molar-refractivity contribution in [2.45, 2.75) is 59.7 Å². The van der Waals surface area contributed by atoms with Gasteiger partial charge in [0.1, 0.15) is 0 Å². The van der Waals surface area contributed by atoms with Gasteiger partial charge >= 0.3 is 0 Å². The fourth-order valence-electron chi connectivity index (χ4n) is 1.88. The van der Waals surface area contributed by atoms with E-state index in [1.807, 2.05) is 6.92 Å². The lowest BCUT2D eigenvalue weighted by Gasteiger charge is -2.36. The fraction of sp³-hybridized carbons (Fsp3) is 1.00. The van der Waals surface area contributed by atoms with Crippen LogP contribution in [0.15, 0.2) is 0 Å². The highest BCUT2D eigenvalue weighted by molar-refractivity contribution is 4.86. The minimum Gasteiger partial charge on any atom is -0.390 e. The molecule has 0 bridgehead atoms. The van der Waals surface area contributed by atoms with Crippen molar-refractivity contribution < 1.29 is 10.2 Å². The molecule has 2 N–H and O–H groups in total. The standard InChI is InChI=1S/C12H26O2/c1-8(2)7-12(6,14)11(13)10(5)9(3)4/h8-11,13-14H,7H2,1-6H3. The van der Waals surface area contributed by atoms with Crippen molar-refractivity contribution in [2.75, 3.05) is 0 Å². The molecule has 0 saturated carbocycles. The van der Waals surface area contributed by atoms with Crippen molar-refractivity contribution in [1.82, 2.24) is 0 Å². The Labute approximate surface area is 88.3 Å². The Kier molecular flexibility index (Phi) is 5.10. The zero-order chi connectivity index (χ0) is 11.5. The molecule has 0 radical (unpaired) electrons. The van der Waals surface area contributed by atoms with Gasteiger partial charge in [-0.25, -0.2) is 0 Å². The Morgan fingerprint density at radius 1 is 1.07 bits per heavy atom. The number of rotatable bonds is 5. The summed E-state index contributed by atoms with van der Waals surface area (Å²) in [5.74, 6) is 0.923. The second-order valence-corrected chi connectivity index (χ2v) is 5.50. The van der Waals surface area contributed by atoms with Gasteiger partial charge in [-0.3, -0.25) is 0 Å². The third kappa shape index (κ3) is 3.97. The number of aliphatic hydroxyl groups excluding tert-OH is 1. The van der Waals surface area contributed by atoms with Crippen molar-refractivity contribution in [3.05, 3.63) is 0 Å². The van der Waals surface area contributed by atoms with E-state index in [4.69, 9.17) is 0 Å². The quantitative estimate of drug-likeness (QED) is 0.719.